The Bertz CT molecular complexity index is 862. The van der Waals surface area contributed by atoms with Gasteiger partial charge in [0.2, 0.25) is 0 Å². The molecule has 0 aliphatic carbocycles. The molecule has 8 heteroatoms. The van der Waals surface area contributed by atoms with Gasteiger partial charge in [-0.3, -0.25) is 14.8 Å². The molecule has 2 rings (SSSR count). The number of nitro groups is 1. The fraction of sp³-hybridized carbons (Fsp3) is 0.200. The Labute approximate surface area is 134 Å². The van der Waals surface area contributed by atoms with Gasteiger partial charge in [0.25, 0.3) is 15.7 Å². The number of benzene rings is 2. The second-order valence-electron chi connectivity index (χ2n) is 4.98. The molecule has 1 N–H and O–H groups in total. The Morgan fingerprint density at radius 3 is 2.48 bits per heavy atom. The van der Waals surface area contributed by atoms with Crippen LogP contribution in [0.15, 0.2) is 41.3 Å². The van der Waals surface area contributed by atoms with Gasteiger partial charge >= 0.3 is 0 Å². The Morgan fingerprint density at radius 1 is 1.17 bits per heavy atom. The van der Waals surface area contributed by atoms with Crippen LogP contribution in [0.3, 0.4) is 0 Å². The van der Waals surface area contributed by atoms with Crippen LogP contribution in [0.2, 0.25) is 0 Å². The van der Waals surface area contributed by atoms with E-state index in [0.29, 0.717) is 22.6 Å². The van der Waals surface area contributed by atoms with Crippen molar-refractivity contribution in [2.45, 2.75) is 18.7 Å². The molecule has 0 saturated heterocycles. The molecular weight excluding hydrogens is 320 g/mol. The van der Waals surface area contributed by atoms with Crippen molar-refractivity contribution < 1.29 is 18.1 Å². The van der Waals surface area contributed by atoms with Crippen molar-refractivity contribution in [1.29, 1.82) is 0 Å². The summed E-state index contributed by atoms with van der Waals surface area (Å²) in [5.74, 6) is 0.497. The second kappa shape index (κ2) is 6.25. The average molecular weight is 336 g/mol. The maximum Gasteiger partial charge on any atom is 0.271 e. The molecule has 0 atom stereocenters. The van der Waals surface area contributed by atoms with Gasteiger partial charge in [-0.1, -0.05) is 6.07 Å². The minimum absolute atomic E-state index is 0.119. The van der Waals surface area contributed by atoms with Crippen LogP contribution in [0.1, 0.15) is 11.1 Å². The van der Waals surface area contributed by atoms with Crippen LogP contribution in [0, 0.1) is 24.0 Å². The lowest BCUT2D eigenvalue weighted by atomic mass is 10.1. The Hall–Kier alpha value is -2.61. The fourth-order valence-corrected chi connectivity index (χ4v) is 3.48. The van der Waals surface area contributed by atoms with E-state index in [4.69, 9.17) is 4.74 Å². The highest BCUT2D eigenvalue weighted by Gasteiger charge is 2.22. The van der Waals surface area contributed by atoms with Crippen LogP contribution in [0.25, 0.3) is 0 Å². The molecule has 0 aromatic heterocycles. The Balaban J connectivity index is 2.49. The third kappa shape index (κ3) is 3.59. The number of nitro benzene ring substituents is 1. The van der Waals surface area contributed by atoms with E-state index < -0.39 is 14.9 Å². The lowest BCUT2D eigenvalue weighted by Gasteiger charge is -2.12. The summed E-state index contributed by atoms with van der Waals surface area (Å²) in [5, 5.41) is 11.0. The molecular formula is C15H16N2O5S. The highest BCUT2D eigenvalue weighted by atomic mass is 32.2. The van der Waals surface area contributed by atoms with Crippen molar-refractivity contribution in [2.75, 3.05) is 11.8 Å². The zero-order chi connectivity index (χ0) is 17.2. The largest absolute Gasteiger partial charge is 0.497 e. The maximum absolute atomic E-state index is 12.6. The lowest BCUT2D eigenvalue weighted by molar-refractivity contribution is -0.385. The minimum atomic E-state index is -3.96. The van der Waals surface area contributed by atoms with Gasteiger partial charge < -0.3 is 4.74 Å². The van der Waals surface area contributed by atoms with Gasteiger partial charge in [0, 0.05) is 18.2 Å². The van der Waals surface area contributed by atoms with E-state index in [1.165, 1.54) is 19.2 Å². The van der Waals surface area contributed by atoms with Gasteiger partial charge in [-0.15, -0.1) is 0 Å². The number of hydrogen-bond donors (Lipinski definition) is 1. The van der Waals surface area contributed by atoms with Gasteiger partial charge in [-0.05, 0) is 37.1 Å². The SMILES string of the molecule is COc1cccc(NS(=O)(=O)c2cc([N+](=O)[O-])cc(C)c2C)c1. The maximum atomic E-state index is 12.6. The third-order valence-electron chi connectivity index (χ3n) is 3.43. The molecule has 0 amide bonds. The Morgan fingerprint density at radius 2 is 1.87 bits per heavy atom. The molecule has 122 valence electrons. The standard InChI is InChI=1S/C15H16N2O5S/c1-10-7-13(17(18)19)9-15(11(10)2)23(20,21)16-12-5-4-6-14(8-12)22-3/h4-9,16H,1-3H3. The number of sulfonamides is 1. The molecule has 0 unspecified atom stereocenters. The van der Waals surface area contributed by atoms with E-state index >= 15 is 0 Å². The van der Waals surface area contributed by atoms with E-state index in [-0.39, 0.29) is 10.6 Å². The normalized spacial score (nSPS) is 11.1. The molecule has 23 heavy (non-hydrogen) atoms. The molecule has 2 aromatic carbocycles. The van der Waals surface area contributed by atoms with E-state index in [0.717, 1.165) is 6.07 Å². The number of non-ortho nitro benzene ring substituents is 1. The summed E-state index contributed by atoms with van der Waals surface area (Å²) < 4.78 is 32.6. The van der Waals surface area contributed by atoms with Crippen LogP contribution >= 0.6 is 0 Å². The van der Waals surface area contributed by atoms with Crippen LogP contribution in [0.5, 0.6) is 5.75 Å². The molecule has 0 bridgehead atoms. The summed E-state index contributed by atoms with van der Waals surface area (Å²) in [4.78, 5) is 10.2. The van der Waals surface area contributed by atoms with Gasteiger partial charge in [0.1, 0.15) is 5.75 Å². The first-order valence-corrected chi connectivity index (χ1v) is 8.15. The number of ether oxygens (including phenoxy) is 1. The van der Waals surface area contributed by atoms with Crippen molar-refractivity contribution >= 4 is 21.4 Å². The first-order chi connectivity index (χ1) is 10.7. The highest BCUT2D eigenvalue weighted by molar-refractivity contribution is 7.92. The summed E-state index contributed by atoms with van der Waals surface area (Å²) in [7, 11) is -2.48. The lowest BCUT2D eigenvalue weighted by Crippen LogP contribution is -2.15. The zero-order valence-corrected chi connectivity index (χ0v) is 13.7. The van der Waals surface area contributed by atoms with Crippen molar-refractivity contribution in [2.24, 2.45) is 0 Å². The quantitative estimate of drug-likeness (QED) is 0.668. The molecule has 2 aromatic rings. The van der Waals surface area contributed by atoms with E-state index in [9.17, 15) is 18.5 Å². The van der Waals surface area contributed by atoms with Gasteiger partial charge in [0.05, 0.1) is 22.6 Å². The highest BCUT2D eigenvalue weighted by Crippen LogP contribution is 2.27. The minimum Gasteiger partial charge on any atom is -0.497 e. The van der Waals surface area contributed by atoms with Gasteiger partial charge in [0.15, 0.2) is 0 Å². The first kappa shape index (κ1) is 16.8. The topological polar surface area (TPSA) is 98.5 Å². The molecule has 0 aliphatic rings. The van der Waals surface area contributed by atoms with Crippen molar-refractivity contribution in [3.63, 3.8) is 0 Å². The van der Waals surface area contributed by atoms with Gasteiger partial charge in [-0.2, -0.15) is 0 Å². The number of aryl methyl sites for hydroxylation is 1. The number of nitrogens with zero attached hydrogens (tertiary/aromatic N) is 1. The van der Waals surface area contributed by atoms with Crippen LogP contribution in [0.4, 0.5) is 11.4 Å². The number of hydrogen-bond acceptors (Lipinski definition) is 5. The summed E-state index contributed by atoms with van der Waals surface area (Å²) in [6.45, 7) is 3.24. The third-order valence-corrected chi connectivity index (χ3v) is 4.93. The van der Waals surface area contributed by atoms with E-state index in [1.54, 1.807) is 32.0 Å². The number of methoxy groups -OCH3 is 1. The van der Waals surface area contributed by atoms with Crippen LogP contribution in [-0.2, 0) is 10.0 Å². The molecule has 0 heterocycles. The molecule has 7 nitrogen and oxygen atoms in total. The fourth-order valence-electron chi connectivity index (χ4n) is 2.09. The van der Waals surface area contributed by atoms with Crippen LogP contribution < -0.4 is 9.46 Å². The number of nitrogens with one attached hydrogen (secondary N) is 1. The van der Waals surface area contributed by atoms with Crippen molar-refractivity contribution in [3.05, 3.63) is 57.6 Å². The Kier molecular flexibility index (Phi) is 4.55. The summed E-state index contributed by atoms with van der Waals surface area (Å²) in [6.07, 6.45) is 0. The smallest absolute Gasteiger partial charge is 0.271 e. The predicted molar refractivity (Wildman–Crippen MR) is 86.4 cm³/mol. The van der Waals surface area contributed by atoms with E-state index in [1.807, 2.05) is 0 Å². The number of anilines is 1. The zero-order valence-electron chi connectivity index (χ0n) is 12.9. The summed E-state index contributed by atoms with van der Waals surface area (Å²) in [6, 6.07) is 8.82. The first-order valence-electron chi connectivity index (χ1n) is 6.67. The molecule has 0 fully saturated rings. The second-order valence-corrected chi connectivity index (χ2v) is 6.63. The monoisotopic (exact) mass is 336 g/mol. The van der Waals surface area contributed by atoms with Gasteiger partial charge in [-0.25, -0.2) is 8.42 Å². The molecule has 0 aliphatic heterocycles. The van der Waals surface area contributed by atoms with E-state index in [2.05, 4.69) is 4.72 Å². The molecule has 0 saturated carbocycles. The molecule has 0 radical (unpaired) electrons. The molecule has 0 spiro atoms. The average Bonchev–Trinajstić information content (AvgIpc) is 2.49. The van der Waals surface area contributed by atoms with Crippen molar-refractivity contribution in [3.8, 4) is 5.75 Å². The summed E-state index contributed by atoms with van der Waals surface area (Å²) in [5.41, 5.74) is 1.04. The summed E-state index contributed by atoms with van der Waals surface area (Å²) >= 11 is 0. The van der Waals surface area contributed by atoms with Crippen LogP contribution in [-0.4, -0.2) is 20.5 Å². The van der Waals surface area contributed by atoms with Crippen molar-refractivity contribution in [1.82, 2.24) is 0 Å². The number of rotatable bonds is 5. The predicted octanol–water partition coefficient (Wildman–Crippen LogP) is 3.02.